The Morgan fingerprint density at radius 1 is 1.19 bits per heavy atom. The summed E-state index contributed by atoms with van der Waals surface area (Å²) in [6.07, 6.45) is 2.66. The molecular weight excluding hydrogens is 268 g/mol. The Labute approximate surface area is 123 Å². The van der Waals surface area contributed by atoms with Crippen molar-refractivity contribution in [2.24, 2.45) is 11.7 Å². The number of rotatable bonds is 5. The van der Waals surface area contributed by atoms with Crippen LogP contribution in [0.2, 0.25) is 0 Å². The second-order valence-electron chi connectivity index (χ2n) is 5.27. The van der Waals surface area contributed by atoms with E-state index in [1.165, 1.54) is 0 Å². The van der Waals surface area contributed by atoms with Crippen LogP contribution in [0.15, 0.2) is 18.5 Å². The van der Waals surface area contributed by atoms with Crippen molar-refractivity contribution < 1.29 is 9.47 Å². The molecule has 0 bridgehead atoms. The largest absolute Gasteiger partial charge is 0.493 e. The highest BCUT2D eigenvalue weighted by Gasteiger charge is 2.28. The van der Waals surface area contributed by atoms with Crippen molar-refractivity contribution in [1.82, 2.24) is 9.97 Å². The molecule has 0 atom stereocenters. The van der Waals surface area contributed by atoms with Gasteiger partial charge in [-0.05, 0) is 24.9 Å². The Hall–Kier alpha value is -2.08. The van der Waals surface area contributed by atoms with Crippen molar-refractivity contribution in [3.63, 3.8) is 0 Å². The van der Waals surface area contributed by atoms with Gasteiger partial charge >= 0.3 is 0 Å². The van der Waals surface area contributed by atoms with Crippen molar-refractivity contribution in [2.45, 2.75) is 6.42 Å². The molecule has 2 heterocycles. The lowest BCUT2D eigenvalue weighted by Gasteiger charge is -2.40. The van der Waals surface area contributed by atoms with Gasteiger partial charge in [0.1, 0.15) is 12.1 Å². The van der Waals surface area contributed by atoms with E-state index in [2.05, 4.69) is 14.9 Å². The molecule has 0 amide bonds. The summed E-state index contributed by atoms with van der Waals surface area (Å²) in [7, 11) is 3.26. The van der Waals surface area contributed by atoms with Crippen LogP contribution < -0.4 is 20.1 Å². The quantitative estimate of drug-likeness (QED) is 0.897. The van der Waals surface area contributed by atoms with E-state index in [9.17, 15) is 0 Å². The molecule has 1 fully saturated rings. The standard InChI is InChI=1S/C15H20N4O2/c1-20-13-5-11-12(6-14(13)21-2)17-9-18-15(11)19-7-10(8-19)3-4-16/h5-6,9-10H,3-4,7-8,16H2,1-2H3. The molecule has 1 aliphatic heterocycles. The van der Waals surface area contributed by atoms with Crippen LogP contribution in [0, 0.1) is 5.92 Å². The number of benzene rings is 1. The molecule has 0 spiro atoms. The maximum Gasteiger partial charge on any atom is 0.162 e. The van der Waals surface area contributed by atoms with Gasteiger partial charge in [0.2, 0.25) is 0 Å². The summed E-state index contributed by atoms with van der Waals surface area (Å²) in [5.74, 6) is 2.99. The molecule has 3 rings (SSSR count). The molecule has 6 heteroatoms. The summed E-state index contributed by atoms with van der Waals surface area (Å²) in [6, 6.07) is 3.83. The van der Waals surface area contributed by atoms with Crippen LogP contribution in [0.3, 0.4) is 0 Å². The number of hydrogen-bond donors (Lipinski definition) is 1. The van der Waals surface area contributed by atoms with Gasteiger partial charge < -0.3 is 20.1 Å². The first kappa shape index (κ1) is 13.9. The smallest absolute Gasteiger partial charge is 0.162 e. The SMILES string of the molecule is COc1cc2ncnc(N3CC(CCN)C3)c2cc1OC. The normalized spacial score (nSPS) is 15.1. The number of hydrogen-bond acceptors (Lipinski definition) is 6. The van der Waals surface area contributed by atoms with Gasteiger partial charge in [-0.15, -0.1) is 0 Å². The molecule has 2 N–H and O–H groups in total. The van der Waals surface area contributed by atoms with E-state index < -0.39 is 0 Å². The number of methoxy groups -OCH3 is 2. The molecule has 0 saturated carbocycles. The number of nitrogens with zero attached hydrogens (tertiary/aromatic N) is 3. The van der Waals surface area contributed by atoms with Crippen LogP contribution in [0.5, 0.6) is 11.5 Å². The lowest BCUT2D eigenvalue weighted by atomic mass is 9.96. The van der Waals surface area contributed by atoms with Crippen LogP contribution in [-0.2, 0) is 0 Å². The van der Waals surface area contributed by atoms with Crippen molar-refractivity contribution in [3.8, 4) is 11.5 Å². The van der Waals surface area contributed by atoms with Crippen LogP contribution in [0.4, 0.5) is 5.82 Å². The highest BCUT2D eigenvalue weighted by Crippen LogP contribution is 2.36. The topological polar surface area (TPSA) is 73.5 Å². The van der Waals surface area contributed by atoms with Gasteiger partial charge in [0.15, 0.2) is 11.5 Å². The molecule has 112 valence electrons. The lowest BCUT2D eigenvalue weighted by Crippen LogP contribution is -2.48. The van der Waals surface area contributed by atoms with Crippen LogP contribution in [-0.4, -0.2) is 43.8 Å². The summed E-state index contributed by atoms with van der Waals surface area (Å²) in [4.78, 5) is 11.0. The maximum absolute atomic E-state index is 5.61. The molecule has 21 heavy (non-hydrogen) atoms. The number of ether oxygens (including phenoxy) is 2. The van der Waals surface area contributed by atoms with Crippen molar-refractivity contribution in [3.05, 3.63) is 18.5 Å². The highest BCUT2D eigenvalue weighted by molar-refractivity contribution is 5.92. The predicted molar refractivity (Wildman–Crippen MR) is 82.0 cm³/mol. The van der Waals surface area contributed by atoms with Crippen molar-refractivity contribution in [1.29, 1.82) is 0 Å². The second-order valence-corrected chi connectivity index (χ2v) is 5.27. The third kappa shape index (κ3) is 2.47. The predicted octanol–water partition coefficient (Wildman–Crippen LogP) is 1.43. The van der Waals surface area contributed by atoms with Gasteiger partial charge in [-0.2, -0.15) is 0 Å². The minimum atomic E-state index is 0.667. The minimum Gasteiger partial charge on any atom is -0.493 e. The highest BCUT2D eigenvalue weighted by atomic mass is 16.5. The molecular formula is C15H20N4O2. The Balaban J connectivity index is 1.96. The third-order valence-corrected chi connectivity index (χ3v) is 3.95. The Morgan fingerprint density at radius 3 is 2.57 bits per heavy atom. The lowest BCUT2D eigenvalue weighted by molar-refractivity contribution is 0.355. The number of aromatic nitrogens is 2. The molecule has 0 aliphatic carbocycles. The average Bonchev–Trinajstić information content (AvgIpc) is 2.48. The summed E-state index contributed by atoms with van der Waals surface area (Å²) in [6.45, 7) is 2.74. The van der Waals surface area contributed by atoms with E-state index in [-0.39, 0.29) is 0 Å². The van der Waals surface area contributed by atoms with E-state index >= 15 is 0 Å². The Morgan fingerprint density at radius 2 is 1.90 bits per heavy atom. The Kier molecular flexibility index (Phi) is 3.79. The maximum atomic E-state index is 5.61. The first-order chi connectivity index (χ1) is 10.3. The molecule has 2 aromatic rings. The number of anilines is 1. The van der Waals surface area contributed by atoms with Gasteiger partial charge in [0.05, 0.1) is 19.7 Å². The molecule has 0 radical (unpaired) electrons. The van der Waals surface area contributed by atoms with E-state index in [1.807, 2.05) is 12.1 Å². The average molecular weight is 288 g/mol. The van der Waals surface area contributed by atoms with E-state index in [1.54, 1.807) is 20.5 Å². The van der Waals surface area contributed by atoms with Crippen molar-refractivity contribution in [2.75, 3.05) is 38.8 Å². The zero-order chi connectivity index (χ0) is 14.8. The fraction of sp³-hybridized carbons (Fsp3) is 0.467. The summed E-state index contributed by atoms with van der Waals surface area (Å²) in [5.41, 5.74) is 6.47. The molecule has 1 aliphatic rings. The fourth-order valence-corrected chi connectivity index (χ4v) is 2.78. The Bertz CT molecular complexity index is 641. The van der Waals surface area contributed by atoms with Crippen LogP contribution in [0.1, 0.15) is 6.42 Å². The van der Waals surface area contributed by atoms with Gasteiger partial charge in [-0.1, -0.05) is 0 Å². The van der Waals surface area contributed by atoms with E-state index in [0.717, 1.165) is 42.8 Å². The monoisotopic (exact) mass is 288 g/mol. The second kappa shape index (κ2) is 5.73. The summed E-state index contributed by atoms with van der Waals surface area (Å²) >= 11 is 0. The first-order valence-electron chi connectivity index (χ1n) is 7.08. The van der Waals surface area contributed by atoms with E-state index in [4.69, 9.17) is 15.2 Å². The molecule has 1 aromatic heterocycles. The molecule has 6 nitrogen and oxygen atoms in total. The minimum absolute atomic E-state index is 0.667. The number of fused-ring (bicyclic) bond motifs is 1. The third-order valence-electron chi connectivity index (χ3n) is 3.95. The van der Waals surface area contributed by atoms with E-state index in [0.29, 0.717) is 17.4 Å². The fourth-order valence-electron chi connectivity index (χ4n) is 2.78. The molecule has 1 saturated heterocycles. The zero-order valence-electron chi connectivity index (χ0n) is 12.4. The van der Waals surface area contributed by atoms with Gasteiger partial charge in [-0.3, -0.25) is 0 Å². The van der Waals surface area contributed by atoms with Crippen molar-refractivity contribution >= 4 is 16.7 Å². The first-order valence-corrected chi connectivity index (χ1v) is 7.08. The van der Waals surface area contributed by atoms with Gasteiger partial charge in [0, 0.05) is 24.5 Å². The number of nitrogens with two attached hydrogens (primary N) is 1. The molecule has 0 unspecified atom stereocenters. The summed E-state index contributed by atoms with van der Waals surface area (Å²) < 4.78 is 10.7. The summed E-state index contributed by atoms with van der Waals surface area (Å²) in [5, 5.41) is 0.987. The van der Waals surface area contributed by atoms with Gasteiger partial charge in [0.25, 0.3) is 0 Å². The molecule has 1 aromatic carbocycles. The van der Waals surface area contributed by atoms with Crippen LogP contribution >= 0.6 is 0 Å². The zero-order valence-corrected chi connectivity index (χ0v) is 12.4. The van der Waals surface area contributed by atoms with Crippen LogP contribution in [0.25, 0.3) is 10.9 Å². The van der Waals surface area contributed by atoms with Gasteiger partial charge in [-0.25, -0.2) is 9.97 Å².